The molecule has 0 spiro atoms. The van der Waals surface area contributed by atoms with Crippen LogP contribution in [0.2, 0.25) is 0 Å². The molecule has 14 aromatic carbocycles. The molecule has 0 saturated carbocycles. The number of hydrogen-bond acceptors (Lipinski definition) is 2. The van der Waals surface area contributed by atoms with Crippen LogP contribution in [0.3, 0.4) is 0 Å². The lowest BCUT2D eigenvalue weighted by atomic mass is 9.93. The molecule has 0 fully saturated rings. The first-order valence-electron chi connectivity index (χ1n) is 26.3. The number of benzene rings is 14. The highest BCUT2D eigenvalue weighted by Gasteiger charge is 2.23. The molecule has 0 aliphatic rings. The van der Waals surface area contributed by atoms with Crippen molar-refractivity contribution in [2.75, 3.05) is 9.80 Å². The summed E-state index contributed by atoms with van der Waals surface area (Å²) in [6.45, 7) is 4.53. The number of rotatable bonds is 9. The van der Waals surface area contributed by atoms with Crippen LogP contribution in [0.15, 0.2) is 279 Å². The zero-order chi connectivity index (χ0) is 50.7. The highest BCUT2D eigenvalue weighted by Crippen LogP contribution is 2.48. The molecule has 0 amide bonds. The maximum Gasteiger partial charge on any atom is 0.0540 e. The lowest BCUT2D eigenvalue weighted by molar-refractivity contribution is 1.26. The van der Waals surface area contributed by atoms with Crippen molar-refractivity contribution in [3.05, 3.63) is 290 Å². The summed E-state index contributed by atoms with van der Waals surface area (Å²) in [5.41, 5.74) is 16.2. The van der Waals surface area contributed by atoms with Gasteiger partial charge >= 0.3 is 0 Å². The van der Waals surface area contributed by atoms with Crippen molar-refractivity contribution in [1.82, 2.24) is 0 Å². The van der Waals surface area contributed by atoms with Crippen molar-refractivity contribution >= 4 is 98.8 Å². The first-order chi connectivity index (χ1) is 37.6. The molecular formula is C74H52N2. The van der Waals surface area contributed by atoms with Gasteiger partial charge in [-0.2, -0.15) is 0 Å². The Morgan fingerprint density at radius 2 is 0.461 bits per heavy atom. The summed E-state index contributed by atoms with van der Waals surface area (Å²) in [4.78, 5) is 4.91. The Morgan fingerprint density at radius 1 is 0.197 bits per heavy atom. The van der Waals surface area contributed by atoms with Gasteiger partial charge in [0.2, 0.25) is 0 Å². The standard InChI is InChI=1S/C74H52N2/c1-49-45-53(75(73-35-19-17-25-59(73)51-21-5-3-6-22-51)55-39-43-69-65-31-11-9-27-61(65)63-29-13-15-33-67(63)71(69)47-55)37-41-57(49)58-42-38-54(46-50(58)2)76(74-36-20-18-26-60(74)52-23-7-4-8-24-52)56-40-44-70-66-32-12-10-28-62(66)64-30-14-16-34-68(64)72(70)48-56/h3-48H,1-2H3. The Hall–Kier alpha value is -9.76. The van der Waals surface area contributed by atoms with Crippen LogP contribution >= 0.6 is 0 Å². The Kier molecular flexibility index (Phi) is 11.0. The number of fused-ring (bicyclic) bond motifs is 12. The molecule has 0 heterocycles. The minimum atomic E-state index is 1.10. The second-order valence-electron chi connectivity index (χ2n) is 20.1. The number of nitrogens with zero attached hydrogens (tertiary/aromatic N) is 2. The van der Waals surface area contributed by atoms with E-state index >= 15 is 0 Å². The van der Waals surface area contributed by atoms with Gasteiger partial charge in [0.1, 0.15) is 0 Å². The van der Waals surface area contributed by atoms with E-state index in [4.69, 9.17) is 0 Å². The normalized spacial score (nSPS) is 11.6. The predicted octanol–water partition coefficient (Wildman–Crippen LogP) is 21.2. The van der Waals surface area contributed by atoms with Gasteiger partial charge in [0.05, 0.1) is 11.4 Å². The summed E-state index contributed by atoms with van der Waals surface area (Å²) in [5, 5.41) is 15.1. The van der Waals surface area contributed by atoms with Gasteiger partial charge in [-0.05, 0) is 173 Å². The van der Waals surface area contributed by atoms with Gasteiger partial charge in [-0.1, -0.05) is 218 Å². The van der Waals surface area contributed by atoms with Crippen LogP contribution in [0, 0.1) is 13.8 Å². The molecule has 76 heavy (non-hydrogen) atoms. The van der Waals surface area contributed by atoms with Crippen molar-refractivity contribution < 1.29 is 0 Å². The van der Waals surface area contributed by atoms with Gasteiger partial charge in [0.25, 0.3) is 0 Å². The second kappa shape index (κ2) is 18.6. The average molecular weight is 969 g/mol. The predicted molar refractivity (Wildman–Crippen MR) is 327 cm³/mol. The highest BCUT2D eigenvalue weighted by molar-refractivity contribution is 6.27. The van der Waals surface area contributed by atoms with E-state index in [1.165, 1.54) is 109 Å². The number of para-hydroxylation sites is 2. The van der Waals surface area contributed by atoms with Crippen LogP contribution in [-0.4, -0.2) is 0 Å². The molecule has 2 nitrogen and oxygen atoms in total. The van der Waals surface area contributed by atoms with E-state index in [1.54, 1.807) is 0 Å². The molecule has 0 aliphatic heterocycles. The Bertz CT molecular complexity index is 4190. The van der Waals surface area contributed by atoms with Gasteiger partial charge in [-0.15, -0.1) is 0 Å². The zero-order valence-electron chi connectivity index (χ0n) is 42.5. The minimum Gasteiger partial charge on any atom is -0.310 e. The van der Waals surface area contributed by atoms with Crippen LogP contribution in [0.1, 0.15) is 11.1 Å². The average Bonchev–Trinajstić information content (AvgIpc) is 3.49. The van der Waals surface area contributed by atoms with E-state index in [0.29, 0.717) is 0 Å². The molecule has 0 bridgehead atoms. The van der Waals surface area contributed by atoms with Crippen molar-refractivity contribution in [1.29, 1.82) is 0 Å². The first kappa shape index (κ1) is 44.9. The molecule has 14 rings (SSSR count). The van der Waals surface area contributed by atoms with Crippen LogP contribution in [0.5, 0.6) is 0 Å². The SMILES string of the molecule is Cc1cc(N(c2ccc3c4ccccc4c4ccccc4c3c2)c2ccccc2-c2ccccc2)ccc1-c1ccc(N(c2ccc3c4ccccc4c4ccccc4c3c2)c2ccccc2-c2ccccc2)cc1C. The van der Waals surface area contributed by atoms with Crippen LogP contribution in [0.4, 0.5) is 34.1 Å². The van der Waals surface area contributed by atoms with Gasteiger partial charge < -0.3 is 9.80 Å². The highest BCUT2D eigenvalue weighted by atomic mass is 15.2. The largest absolute Gasteiger partial charge is 0.310 e. The quantitative estimate of drug-likeness (QED) is 0.133. The van der Waals surface area contributed by atoms with Gasteiger partial charge in [0, 0.05) is 33.9 Å². The molecule has 0 atom stereocenters. The Balaban J connectivity index is 0.915. The Morgan fingerprint density at radius 3 is 0.803 bits per heavy atom. The zero-order valence-corrected chi connectivity index (χ0v) is 42.5. The van der Waals surface area contributed by atoms with E-state index in [9.17, 15) is 0 Å². The summed E-state index contributed by atoms with van der Waals surface area (Å²) >= 11 is 0. The van der Waals surface area contributed by atoms with Gasteiger partial charge in [-0.3, -0.25) is 0 Å². The molecule has 0 unspecified atom stereocenters. The summed E-state index contributed by atoms with van der Waals surface area (Å²) < 4.78 is 0. The smallest absolute Gasteiger partial charge is 0.0540 e. The van der Waals surface area contributed by atoms with Crippen LogP contribution in [0.25, 0.3) is 98.0 Å². The van der Waals surface area contributed by atoms with E-state index in [2.05, 4.69) is 303 Å². The Labute approximate surface area is 443 Å². The van der Waals surface area contributed by atoms with Gasteiger partial charge in [-0.25, -0.2) is 0 Å². The van der Waals surface area contributed by atoms with Crippen LogP contribution < -0.4 is 9.80 Å². The summed E-state index contributed by atoms with van der Waals surface area (Å²) in [6.07, 6.45) is 0. The van der Waals surface area contributed by atoms with Crippen molar-refractivity contribution in [3.63, 3.8) is 0 Å². The number of hydrogen-bond donors (Lipinski definition) is 0. The minimum absolute atomic E-state index is 1.10. The molecule has 0 N–H and O–H groups in total. The number of anilines is 6. The van der Waals surface area contributed by atoms with E-state index in [1.807, 2.05) is 0 Å². The first-order valence-corrected chi connectivity index (χ1v) is 26.3. The van der Waals surface area contributed by atoms with E-state index < -0.39 is 0 Å². The fourth-order valence-electron chi connectivity index (χ4n) is 12.2. The summed E-state index contributed by atoms with van der Waals surface area (Å²) in [5.74, 6) is 0. The molecule has 0 aromatic heterocycles. The third-order valence-electron chi connectivity index (χ3n) is 15.7. The maximum atomic E-state index is 2.45. The molecule has 14 aromatic rings. The molecule has 2 heteroatoms. The molecular weight excluding hydrogens is 917 g/mol. The summed E-state index contributed by atoms with van der Waals surface area (Å²) in [6, 6.07) is 103. The summed E-state index contributed by atoms with van der Waals surface area (Å²) in [7, 11) is 0. The molecule has 0 saturated heterocycles. The second-order valence-corrected chi connectivity index (χ2v) is 20.1. The lowest BCUT2D eigenvalue weighted by Gasteiger charge is -2.30. The molecule has 358 valence electrons. The monoisotopic (exact) mass is 968 g/mol. The third kappa shape index (κ3) is 7.57. The van der Waals surface area contributed by atoms with Crippen molar-refractivity contribution in [2.24, 2.45) is 0 Å². The fraction of sp³-hybridized carbons (Fsp3) is 0.0270. The fourth-order valence-corrected chi connectivity index (χ4v) is 12.2. The van der Waals surface area contributed by atoms with Crippen molar-refractivity contribution in [2.45, 2.75) is 13.8 Å². The topological polar surface area (TPSA) is 6.48 Å². The maximum absolute atomic E-state index is 2.45. The molecule has 0 aliphatic carbocycles. The van der Waals surface area contributed by atoms with E-state index in [-0.39, 0.29) is 0 Å². The van der Waals surface area contributed by atoms with E-state index in [0.717, 1.165) is 34.1 Å². The van der Waals surface area contributed by atoms with Crippen LogP contribution in [-0.2, 0) is 0 Å². The lowest BCUT2D eigenvalue weighted by Crippen LogP contribution is -2.12. The van der Waals surface area contributed by atoms with Gasteiger partial charge in [0.15, 0.2) is 0 Å². The third-order valence-corrected chi connectivity index (χ3v) is 15.7. The number of aryl methyl sites for hydroxylation is 2. The molecule has 0 radical (unpaired) electrons. The van der Waals surface area contributed by atoms with Crippen molar-refractivity contribution in [3.8, 4) is 33.4 Å².